The van der Waals surface area contributed by atoms with Crippen LogP contribution in [0.15, 0.2) is 30.3 Å². The number of ether oxygens (including phenoxy) is 1. The van der Waals surface area contributed by atoms with Crippen LogP contribution in [0.3, 0.4) is 0 Å². The first kappa shape index (κ1) is 14.3. The highest BCUT2D eigenvalue weighted by Crippen LogP contribution is 2.45. The quantitative estimate of drug-likeness (QED) is 0.455. The second-order valence-electron chi connectivity index (χ2n) is 5.93. The van der Waals surface area contributed by atoms with Crippen LogP contribution in [0.25, 0.3) is 0 Å². The van der Waals surface area contributed by atoms with Crippen molar-refractivity contribution in [2.75, 3.05) is 17.5 Å². The van der Waals surface area contributed by atoms with Crippen LogP contribution >= 0.6 is 22.6 Å². The molecule has 0 N–H and O–H groups in total. The molecule has 4 heteroatoms. The number of esters is 1. The lowest BCUT2D eigenvalue weighted by Gasteiger charge is -2.40. The topological polar surface area (TPSA) is 29.5 Å². The highest BCUT2D eigenvalue weighted by Gasteiger charge is 2.49. The predicted octanol–water partition coefficient (Wildman–Crippen LogP) is 3.02. The molecule has 2 aliphatic heterocycles. The largest absolute Gasteiger partial charge is 0.461 e. The van der Waals surface area contributed by atoms with Crippen LogP contribution in [0, 0.1) is 5.41 Å². The summed E-state index contributed by atoms with van der Waals surface area (Å²) in [6.07, 6.45) is 2.92. The Morgan fingerprint density at radius 1 is 1.25 bits per heavy atom. The van der Waals surface area contributed by atoms with Crippen molar-refractivity contribution in [2.45, 2.75) is 31.9 Å². The van der Waals surface area contributed by atoms with Gasteiger partial charge in [0.1, 0.15) is 6.10 Å². The van der Waals surface area contributed by atoms with Crippen LogP contribution in [0.2, 0.25) is 0 Å². The minimum absolute atomic E-state index is 0.00294. The first-order valence-electron chi connectivity index (χ1n) is 7.24. The zero-order valence-corrected chi connectivity index (χ0v) is 13.7. The molecule has 3 nitrogen and oxygen atoms in total. The molecule has 2 saturated heterocycles. The SMILES string of the molecule is O=C1CC2(CCN(Cc3ccccc3)CC2)C(CI)O1. The number of alkyl halides is 1. The van der Waals surface area contributed by atoms with Gasteiger partial charge in [-0.3, -0.25) is 9.69 Å². The zero-order chi connectivity index (χ0) is 14.0. The Morgan fingerprint density at radius 3 is 2.60 bits per heavy atom. The van der Waals surface area contributed by atoms with Gasteiger partial charge in [-0.15, -0.1) is 0 Å². The smallest absolute Gasteiger partial charge is 0.306 e. The molecule has 0 bridgehead atoms. The van der Waals surface area contributed by atoms with E-state index in [0.717, 1.165) is 36.9 Å². The molecule has 2 heterocycles. The van der Waals surface area contributed by atoms with Crippen LogP contribution in [-0.4, -0.2) is 34.5 Å². The number of benzene rings is 1. The summed E-state index contributed by atoms with van der Waals surface area (Å²) in [5.74, 6) is 0.00294. The summed E-state index contributed by atoms with van der Waals surface area (Å²) in [5, 5.41) is 0. The predicted molar refractivity (Wildman–Crippen MR) is 86.8 cm³/mol. The van der Waals surface area contributed by atoms with Crippen molar-refractivity contribution in [1.29, 1.82) is 0 Å². The first-order chi connectivity index (χ1) is 9.72. The van der Waals surface area contributed by atoms with E-state index in [1.54, 1.807) is 0 Å². The van der Waals surface area contributed by atoms with Crippen molar-refractivity contribution in [3.63, 3.8) is 0 Å². The summed E-state index contributed by atoms with van der Waals surface area (Å²) in [5.41, 5.74) is 1.48. The number of carbonyl (C=O) groups is 1. The van der Waals surface area contributed by atoms with Gasteiger partial charge in [0.15, 0.2) is 0 Å². The Hall–Kier alpha value is -0.620. The van der Waals surface area contributed by atoms with Gasteiger partial charge in [-0.2, -0.15) is 0 Å². The van der Waals surface area contributed by atoms with Gasteiger partial charge >= 0.3 is 5.97 Å². The van der Waals surface area contributed by atoms with Gasteiger partial charge in [0.25, 0.3) is 0 Å². The van der Waals surface area contributed by atoms with Crippen LogP contribution in [-0.2, 0) is 16.1 Å². The minimum Gasteiger partial charge on any atom is -0.461 e. The lowest BCUT2D eigenvalue weighted by molar-refractivity contribution is -0.140. The zero-order valence-electron chi connectivity index (χ0n) is 11.6. The van der Waals surface area contributed by atoms with E-state index < -0.39 is 0 Å². The second kappa shape index (κ2) is 6.02. The number of halogens is 1. The van der Waals surface area contributed by atoms with Crippen molar-refractivity contribution in [2.24, 2.45) is 5.41 Å². The molecule has 2 aliphatic rings. The molecular weight excluding hydrogens is 365 g/mol. The molecule has 1 aromatic carbocycles. The molecule has 1 spiro atoms. The number of hydrogen-bond acceptors (Lipinski definition) is 3. The average Bonchev–Trinajstić information content (AvgIpc) is 2.78. The third-order valence-electron chi connectivity index (χ3n) is 4.69. The van der Waals surface area contributed by atoms with E-state index in [1.807, 2.05) is 0 Å². The molecule has 0 aromatic heterocycles. The van der Waals surface area contributed by atoms with E-state index >= 15 is 0 Å². The second-order valence-corrected chi connectivity index (χ2v) is 6.81. The highest BCUT2D eigenvalue weighted by atomic mass is 127. The summed E-state index contributed by atoms with van der Waals surface area (Å²) in [7, 11) is 0. The molecule has 0 amide bonds. The summed E-state index contributed by atoms with van der Waals surface area (Å²) >= 11 is 2.34. The first-order valence-corrected chi connectivity index (χ1v) is 8.76. The average molecular weight is 385 g/mol. The molecule has 1 aromatic rings. The van der Waals surface area contributed by atoms with Gasteiger partial charge in [0.2, 0.25) is 0 Å². The maximum absolute atomic E-state index is 11.6. The number of nitrogens with zero attached hydrogens (tertiary/aromatic N) is 1. The van der Waals surface area contributed by atoms with Crippen LogP contribution in [0.4, 0.5) is 0 Å². The lowest BCUT2D eigenvalue weighted by atomic mass is 9.73. The van der Waals surface area contributed by atoms with Crippen LogP contribution in [0.5, 0.6) is 0 Å². The Bertz CT molecular complexity index is 469. The number of likely N-dealkylation sites (tertiary alicyclic amines) is 1. The Labute approximate surface area is 133 Å². The van der Waals surface area contributed by atoms with Crippen molar-refractivity contribution < 1.29 is 9.53 Å². The summed E-state index contributed by atoms with van der Waals surface area (Å²) in [4.78, 5) is 14.1. The Balaban J connectivity index is 1.61. The molecule has 1 unspecified atom stereocenters. The van der Waals surface area contributed by atoms with Crippen LogP contribution in [0.1, 0.15) is 24.8 Å². The molecule has 2 fully saturated rings. The summed E-state index contributed by atoms with van der Waals surface area (Å²) < 4.78 is 6.41. The third kappa shape index (κ3) is 2.86. The van der Waals surface area contributed by atoms with Gasteiger partial charge in [-0.25, -0.2) is 0 Å². The Kier molecular flexibility index (Phi) is 4.31. The maximum atomic E-state index is 11.6. The summed E-state index contributed by atoms with van der Waals surface area (Å²) in [6.45, 7) is 3.15. The van der Waals surface area contributed by atoms with Gasteiger partial charge in [0.05, 0.1) is 6.42 Å². The van der Waals surface area contributed by atoms with E-state index in [1.165, 1.54) is 5.56 Å². The van der Waals surface area contributed by atoms with Crippen molar-refractivity contribution in [1.82, 2.24) is 4.90 Å². The number of rotatable bonds is 3. The van der Waals surface area contributed by atoms with E-state index in [9.17, 15) is 4.79 Å². The van der Waals surface area contributed by atoms with Crippen molar-refractivity contribution in [3.05, 3.63) is 35.9 Å². The summed E-state index contributed by atoms with van der Waals surface area (Å²) in [6, 6.07) is 10.6. The van der Waals surface area contributed by atoms with Gasteiger partial charge in [-0.1, -0.05) is 52.9 Å². The molecule has 20 heavy (non-hydrogen) atoms. The van der Waals surface area contributed by atoms with Crippen molar-refractivity contribution in [3.8, 4) is 0 Å². The molecule has 0 aliphatic carbocycles. The van der Waals surface area contributed by atoms with E-state index in [4.69, 9.17) is 4.74 Å². The third-order valence-corrected chi connectivity index (χ3v) is 5.49. The van der Waals surface area contributed by atoms with Gasteiger partial charge < -0.3 is 4.74 Å². The number of cyclic esters (lactones) is 1. The molecule has 0 saturated carbocycles. The minimum atomic E-state index is 0.00294. The maximum Gasteiger partial charge on any atom is 0.306 e. The van der Waals surface area contributed by atoms with Crippen molar-refractivity contribution >= 4 is 28.6 Å². The standard InChI is InChI=1S/C16H20INO2/c17-11-14-16(10-15(19)20-14)6-8-18(9-7-16)12-13-4-2-1-3-5-13/h1-5,14H,6-12H2. The van der Waals surface area contributed by atoms with E-state index in [-0.39, 0.29) is 17.5 Å². The van der Waals surface area contributed by atoms with E-state index in [2.05, 4.69) is 57.8 Å². The van der Waals surface area contributed by atoms with Gasteiger partial charge in [-0.05, 0) is 31.5 Å². The molecule has 0 radical (unpaired) electrons. The number of carbonyl (C=O) groups excluding carboxylic acids is 1. The molecular formula is C16H20INO2. The molecule has 3 rings (SSSR count). The highest BCUT2D eigenvalue weighted by molar-refractivity contribution is 14.1. The monoisotopic (exact) mass is 385 g/mol. The van der Waals surface area contributed by atoms with Crippen LogP contribution < -0.4 is 0 Å². The van der Waals surface area contributed by atoms with E-state index in [0.29, 0.717) is 6.42 Å². The molecule has 108 valence electrons. The lowest BCUT2D eigenvalue weighted by Crippen LogP contribution is -2.44. The molecule has 1 atom stereocenters. The normalized spacial score (nSPS) is 25.9. The Morgan fingerprint density at radius 2 is 1.95 bits per heavy atom. The fourth-order valence-corrected chi connectivity index (χ4v) is 4.53. The van der Waals surface area contributed by atoms with Gasteiger partial charge in [0, 0.05) is 16.4 Å². The fourth-order valence-electron chi connectivity index (χ4n) is 3.42. The number of hydrogen-bond donors (Lipinski definition) is 0. The number of piperidine rings is 1. The fraction of sp³-hybridized carbons (Fsp3) is 0.562.